The van der Waals surface area contributed by atoms with Gasteiger partial charge in [-0.3, -0.25) is 0 Å². The van der Waals surface area contributed by atoms with Gasteiger partial charge in [-0.15, -0.1) is 0 Å². The second kappa shape index (κ2) is 5.61. The van der Waals surface area contributed by atoms with E-state index in [2.05, 4.69) is 5.32 Å². The number of carboxylic acid groups (broad SMARTS) is 1. The lowest BCUT2D eigenvalue weighted by atomic mass is 10.2. The smallest absolute Gasteiger partial charge is 0.475 e. The molecule has 7 heteroatoms. The van der Waals surface area contributed by atoms with Crippen molar-refractivity contribution in [1.29, 1.82) is 0 Å². The Kier molecular flexibility index (Phi) is 5.18. The molecule has 4 nitrogen and oxygen atoms in total. The summed E-state index contributed by atoms with van der Waals surface area (Å²) in [5.74, 6) is -2.76. The molecule has 14 heavy (non-hydrogen) atoms. The number of carboxylic acids is 1. The van der Waals surface area contributed by atoms with Gasteiger partial charge in [0.05, 0.1) is 6.10 Å². The minimum absolute atomic E-state index is 0.256. The number of nitrogens with one attached hydrogen (secondary N) is 1. The van der Waals surface area contributed by atoms with Crippen LogP contribution in [0.1, 0.15) is 0 Å². The molecule has 1 rings (SSSR count). The molecule has 0 aliphatic carbocycles. The van der Waals surface area contributed by atoms with E-state index in [0.29, 0.717) is 6.54 Å². The maximum Gasteiger partial charge on any atom is 0.490 e. The Bertz CT molecular complexity index is 215. The van der Waals surface area contributed by atoms with E-state index < -0.39 is 12.1 Å². The van der Waals surface area contributed by atoms with Crippen molar-refractivity contribution in [1.82, 2.24) is 5.32 Å². The Labute approximate surface area is 78.0 Å². The molecular formula is C7H10F3NO3. The summed E-state index contributed by atoms with van der Waals surface area (Å²) in [5.41, 5.74) is 0. The van der Waals surface area contributed by atoms with Crippen LogP contribution in [0.5, 0.6) is 0 Å². The van der Waals surface area contributed by atoms with E-state index in [0.717, 1.165) is 6.54 Å². The maximum absolute atomic E-state index is 10.6. The molecule has 0 fully saturated rings. The number of hydrogen-bond donors (Lipinski definition) is 3. The van der Waals surface area contributed by atoms with Gasteiger partial charge in [0.25, 0.3) is 0 Å². The number of β-amino-alcohol motifs (C(OH)–C–C–N with tert-alkyl or cyclic N) is 1. The van der Waals surface area contributed by atoms with Crippen LogP contribution in [0.3, 0.4) is 0 Å². The van der Waals surface area contributed by atoms with Gasteiger partial charge >= 0.3 is 12.1 Å². The fraction of sp³-hybridized carbons (Fsp3) is 0.571. The predicted octanol–water partition coefficient (Wildman–Crippen LogP) is 0.140. The highest BCUT2D eigenvalue weighted by atomic mass is 19.4. The quantitative estimate of drug-likeness (QED) is 0.500. The lowest BCUT2D eigenvalue weighted by Gasteiger charge is -2.09. The highest BCUT2D eigenvalue weighted by Gasteiger charge is 2.38. The van der Waals surface area contributed by atoms with Crippen molar-refractivity contribution in [2.24, 2.45) is 0 Å². The average Bonchev–Trinajstić information content (AvgIpc) is 2.04. The second-order valence-corrected chi connectivity index (χ2v) is 2.46. The second-order valence-electron chi connectivity index (χ2n) is 2.46. The Morgan fingerprint density at radius 3 is 2.14 bits per heavy atom. The van der Waals surface area contributed by atoms with Gasteiger partial charge in [0.2, 0.25) is 0 Å². The molecule has 0 bridgehead atoms. The zero-order valence-corrected chi connectivity index (χ0v) is 7.08. The number of carbonyl (C=O) groups is 1. The number of hydrogen-bond acceptors (Lipinski definition) is 3. The van der Waals surface area contributed by atoms with E-state index in [4.69, 9.17) is 15.0 Å². The molecule has 0 spiro atoms. The summed E-state index contributed by atoms with van der Waals surface area (Å²) in [6, 6.07) is 0. The van der Waals surface area contributed by atoms with Crippen LogP contribution in [-0.4, -0.2) is 41.6 Å². The number of aliphatic carboxylic acids is 1. The van der Waals surface area contributed by atoms with Crippen molar-refractivity contribution in [3.63, 3.8) is 0 Å². The van der Waals surface area contributed by atoms with Crippen molar-refractivity contribution in [3.05, 3.63) is 12.2 Å². The third kappa shape index (κ3) is 6.44. The molecule has 0 amide bonds. The summed E-state index contributed by atoms with van der Waals surface area (Å²) >= 11 is 0. The number of aliphatic hydroxyl groups is 1. The molecule has 1 unspecified atom stereocenters. The van der Waals surface area contributed by atoms with Crippen LogP contribution in [0.4, 0.5) is 13.2 Å². The van der Waals surface area contributed by atoms with Crippen LogP contribution in [0, 0.1) is 0 Å². The van der Waals surface area contributed by atoms with Gasteiger partial charge in [-0.2, -0.15) is 13.2 Å². The van der Waals surface area contributed by atoms with Crippen molar-refractivity contribution in [3.8, 4) is 0 Å². The molecule has 0 aromatic heterocycles. The van der Waals surface area contributed by atoms with Gasteiger partial charge in [0, 0.05) is 13.1 Å². The monoisotopic (exact) mass is 213 g/mol. The Morgan fingerprint density at radius 1 is 1.50 bits per heavy atom. The van der Waals surface area contributed by atoms with Gasteiger partial charge in [0.15, 0.2) is 0 Å². The van der Waals surface area contributed by atoms with E-state index in [1.54, 1.807) is 6.08 Å². The number of rotatable bonds is 0. The first kappa shape index (κ1) is 12.9. The van der Waals surface area contributed by atoms with E-state index in [-0.39, 0.29) is 6.10 Å². The highest BCUT2D eigenvalue weighted by Crippen LogP contribution is 2.13. The average molecular weight is 213 g/mol. The van der Waals surface area contributed by atoms with Crippen LogP contribution < -0.4 is 5.32 Å². The van der Waals surface area contributed by atoms with Gasteiger partial charge in [-0.05, 0) is 0 Å². The molecule has 0 aromatic rings. The zero-order valence-electron chi connectivity index (χ0n) is 7.08. The van der Waals surface area contributed by atoms with Gasteiger partial charge in [-0.1, -0.05) is 12.2 Å². The summed E-state index contributed by atoms with van der Waals surface area (Å²) in [4.78, 5) is 8.90. The third-order valence-electron chi connectivity index (χ3n) is 1.22. The first-order chi connectivity index (χ1) is 6.34. The van der Waals surface area contributed by atoms with E-state index >= 15 is 0 Å². The Balaban J connectivity index is 0.000000241. The predicted molar refractivity (Wildman–Crippen MR) is 41.7 cm³/mol. The van der Waals surface area contributed by atoms with Crippen molar-refractivity contribution in [2.45, 2.75) is 12.3 Å². The van der Waals surface area contributed by atoms with Crippen molar-refractivity contribution in [2.75, 3.05) is 13.1 Å². The number of alkyl halides is 3. The van der Waals surface area contributed by atoms with Crippen LogP contribution in [0.15, 0.2) is 12.2 Å². The Hall–Kier alpha value is -1.08. The van der Waals surface area contributed by atoms with Crippen LogP contribution >= 0.6 is 0 Å². The molecule has 1 atom stereocenters. The first-order valence-corrected chi connectivity index (χ1v) is 3.69. The molecule has 0 saturated carbocycles. The van der Waals surface area contributed by atoms with Gasteiger partial charge < -0.3 is 15.5 Å². The third-order valence-corrected chi connectivity index (χ3v) is 1.22. The molecular weight excluding hydrogens is 203 g/mol. The molecule has 0 aromatic carbocycles. The fourth-order valence-electron chi connectivity index (χ4n) is 0.608. The lowest BCUT2D eigenvalue weighted by molar-refractivity contribution is -0.192. The fourth-order valence-corrected chi connectivity index (χ4v) is 0.608. The standard InChI is InChI=1S/C5H9NO.C2HF3O2/c7-5-2-1-3-6-4-5;3-2(4,5)1(6)7/h1-2,5-7H,3-4H2;(H,6,7). The van der Waals surface area contributed by atoms with Gasteiger partial charge in [0.1, 0.15) is 0 Å². The normalized spacial score (nSPS) is 21.0. The van der Waals surface area contributed by atoms with E-state index in [9.17, 15) is 13.2 Å². The topological polar surface area (TPSA) is 69.6 Å². The molecule has 1 aliphatic heterocycles. The molecule has 1 heterocycles. The lowest BCUT2D eigenvalue weighted by Crippen LogP contribution is -2.29. The largest absolute Gasteiger partial charge is 0.490 e. The van der Waals surface area contributed by atoms with Crippen LogP contribution in [-0.2, 0) is 4.79 Å². The number of aliphatic hydroxyl groups excluding tert-OH is 1. The first-order valence-electron chi connectivity index (χ1n) is 3.69. The molecule has 82 valence electrons. The molecule has 0 saturated heterocycles. The van der Waals surface area contributed by atoms with Crippen LogP contribution in [0.2, 0.25) is 0 Å². The van der Waals surface area contributed by atoms with E-state index in [1.807, 2.05) is 6.08 Å². The summed E-state index contributed by atoms with van der Waals surface area (Å²) in [7, 11) is 0. The van der Waals surface area contributed by atoms with Crippen molar-refractivity contribution >= 4 is 5.97 Å². The number of halogens is 3. The molecule has 1 aliphatic rings. The maximum atomic E-state index is 10.6. The minimum Gasteiger partial charge on any atom is -0.475 e. The summed E-state index contributed by atoms with van der Waals surface area (Å²) in [5, 5.41) is 18.9. The highest BCUT2D eigenvalue weighted by molar-refractivity contribution is 5.73. The van der Waals surface area contributed by atoms with Crippen molar-refractivity contribution < 1.29 is 28.2 Å². The SMILES string of the molecule is O=C(O)C(F)(F)F.OC1C=CCNC1. The summed E-state index contributed by atoms with van der Waals surface area (Å²) in [6.07, 6.45) is -1.61. The Morgan fingerprint density at radius 2 is 2.00 bits per heavy atom. The minimum atomic E-state index is -5.08. The van der Waals surface area contributed by atoms with Crippen LogP contribution in [0.25, 0.3) is 0 Å². The summed E-state index contributed by atoms with van der Waals surface area (Å²) in [6.45, 7) is 1.60. The zero-order chi connectivity index (χ0) is 11.2. The molecule has 3 N–H and O–H groups in total. The molecule has 0 radical (unpaired) electrons. The van der Waals surface area contributed by atoms with Gasteiger partial charge in [-0.25, -0.2) is 4.79 Å². The summed E-state index contributed by atoms with van der Waals surface area (Å²) < 4.78 is 31.7. The van der Waals surface area contributed by atoms with E-state index in [1.165, 1.54) is 0 Å².